The number of hydrogen-bond acceptors (Lipinski definition) is 9. The maximum atomic E-state index is 13.0. The second-order valence-electron chi connectivity index (χ2n) is 10.4. The summed E-state index contributed by atoms with van der Waals surface area (Å²) in [6, 6.07) is 12.0. The van der Waals surface area contributed by atoms with Crippen LogP contribution >= 0.6 is 11.3 Å². The monoisotopic (exact) mass is 594 g/mol. The molecule has 6 rings (SSSR count). The number of pyridine rings is 1. The van der Waals surface area contributed by atoms with Gasteiger partial charge in [0.05, 0.1) is 31.3 Å². The fourth-order valence-corrected chi connectivity index (χ4v) is 6.53. The standard InChI is InChI=1S/C30H29F3N6O2S/c1-40-24-10-21(15-34-16-24)19-4-2-18(3-5-19)14-36-22-8-20(28-35-6-7-41-28)9-23(11-22)39-27-26-12-25(13-30(31,32)33)42-29(26)38-17-37-27/h2-7,10,12,15-17,20,22-23,36H,8-9,11,13-14H2,1H3,(H,37,38,39)/t20-,22+,23-/m0/s1. The van der Waals surface area contributed by atoms with E-state index in [9.17, 15) is 13.2 Å². The highest BCUT2D eigenvalue weighted by atomic mass is 32.1. The number of anilines is 1. The average Bonchev–Trinajstić information content (AvgIpc) is 3.66. The molecule has 12 heteroatoms. The third kappa shape index (κ3) is 6.71. The molecule has 1 aromatic carbocycles. The molecule has 0 saturated heterocycles. The van der Waals surface area contributed by atoms with Crippen LogP contribution in [0.1, 0.15) is 41.5 Å². The zero-order chi connectivity index (χ0) is 29.1. The number of thiophene rings is 1. The van der Waals surface area contributed by atoms with Crippen LogP contribution in [0.4, 0.5) is 19.0 Å². The summed E-state index contributed by atoms with van der Waals surface area (Å²) >= 11 is 1.05. The number of benzene rings is 1. The Bertz CT molecular complexity index is 1620. The molecule has 0 amide bonds. The number of methoxy groups -OCH3 is 1. The number of ether oxygens (including phenoxy) is 1. The van der Waals surface area contributed by atoms with E-state index in [1.165, 1.54) is 6.33 Å². The summed E-state index contributed by atoms with van der Waals surface area (Å²) in [7, 11) is 1.62. The van der Waals surface area contributed by atoms with E-state index in [0.717, 1.165) is 47.3 Å². The molecule has 1 fully saturated rings. The molecule has 4 heterocycles. The molecular formula is C30H29F3N6O2S. The summed E-state index contributed by atoms with van der Waals surface area (Å²) in [5.74, 6) is 2.01. The molecule has 1 saturated carbocycles. The van der Waals surface area contributed by atoms with E-state index >= 15 is 0 Å². The predicted octanol–water partition coefficient (Wildman–Crippen LogP) is 6.76. The number of nitrogens with zero attached hydrogens (tertiary/aromatic N) is 4. The molecule has 0 unspecified atom stereocenters. The minimum atomic E-state index is -4.28. The van der Waals surface area contributed by atoms with Gasteiger partial charge < -0.3 is 19.8 Å². The van der Waals surface area contributed by atoms with E-state index in [-0.39, 0.29) is 22.9 Å². The number of oxazole rings is 1. The second kappa shape index (κ2) is 12.1. The van der Waals surface area contributed by atoms with Crippen LogP contribution in [0.15, 0.2) is 72.0 Å². The first-order valence-electron chi connectivity index (χ1n) is 13.6. The van der Waals surface area contributed by atoms with Gasteiger partial charge in [-0.3, -0.25) is 4.98 Å². The first-order valence-corrected chi connectivity index (χ1v) is 14.4. The summed E-state index contributed by atoms with van der Waals surface area (Å²) < 4.78 is 50.0. The smallest absolute Gasteiger partial charge is 0.393 e. The first kappa shape index (κ1) is 28.1. The van der Waals surface area contributed by atoms with Gasteiger partial charge in [0.15, 0.2) is 5.89 Å². The van der Waals surface area contributed by atoms with Crippen molar-refractivity contribution in [1.82, 2.24) is 25.3 Å². The molecule has 1 aliphatic rings. The fraction of sp³-hybridized carbons (Fsp3) is 0.333. The number of fused-ring (bicyclic) bond motifs is 1. The molecule has 8 nitrogen and oxygen atoms in total. The van der Waals surface area contributed by atoms with Gasteiger partial charge in [-0.2, -0.15) is 13.2 Å². The van der Waals surface area contributed by atoms with Gasteiger partial charge in [0.25, 0.3) is 0 Å². The van der Waals surface area contributed by atoms with Crippen molar-refractivity contribution in [3.05, 3.63) is 83.9 Å². The number of halogens is 3. The van der Waals surface area contributed by atoms with Crippen molar-refractivity contribution >= 4 is 27.4 Å². The van der Waals surface area contributed by atoms with Crippen molar-refractivity contribution in [2.75, 3.05) is 12.4 Å². The quantitative estimate of drug-likeness (QED) is 0.193. The van der Waals surface area contributed by atoms with Crippen molar-refractivity contribution in [3.63, 3.8) is 0 Å². The molecule has 2 N–H and O–H groups in total. The van der Waals surface area contributed by atoms with Gasteiger partial charge in [0.2, 0.25) is 0 Å². The first-order chi connectivity index (χ1) is 20.3. The topological polar surface area (TPSA) is 98.0 Å². The minimum absolute atomic E-state index is 0.000142. The van der Waals surface area contributed by atoms with Crippen LogP contribution in [-0.2, 0) is 13.0 Å². The summed E-state index contributed by atoms with van der Waals surface area (Å²) in [4.78, 5) is 18.0. The van der Waals surface area contributed by atoms with Gasteiger partial charge in [-0.1, -0.05) is 24.3 Å². The summed E-state index contributed by atoms with van der Waals surface area (Å²) in [6.45, 7) is 0.676. The van der Waals surface area contributed by atoms with E-state index in [1.807, 2.05) is 12.3 Å². The van der Waals surface area contributed by atoms with Crippen LogP contribution < -0.4 is 15.4 Å². The molecule has 3 atom stereocenters. The lowest BCUT2D eigenvalue weighted by Crippen LogP contribution is -2.41. The van der Waals surface area contributed by atoms with E-state index in [4.69, 9.17) is 9.15 Å². The van der Waals surface area contributed by atoms with Crippen molar-refractivity contribution in [3.8, 4) is 16.9 Å². The number of nitrogens with one attached hydrogen (secondary N) is 2. The lowest BCUT2D eigenvalue weighted by atomic mass is 9.82. The summed E-state index contributed by atoms with van der Waals surface area (Å²) in [5.41, 5.74) is 3.18. The largest absolute Gasteiger partial charge is 0.495 e. The summed E-state index contributed by atoms with van der Waals surface area (Å²) in [5, 5.41) is 7.80. The van der Waals surface area contributed by atoms with Gasteiger partial charge in [-0.25, -0.2) is 15.0 Å². The highest BCUT2D eigenvalue weighted by molar-refractivity contribution is 7.18. The third-order valence-electron chi connectivity index (χ3n) is 7.43. The van der Waals surface area contributed by atoms with Crippen LogP contribution in [0.25, 0.3) is 21.3 Å². The molecule has 5 aromatic rings. The van der Waals surface area contributed by atoms with E-state index in [2.05, 4.69) is 54.8 Å². The molecular weight excluding hydrogens is 565 g/mol. The lowest BCUT2D eigenvalue weighted by molar-refractivity contribution is -0.126. The average molecular weight is 595 g/mol. The van der Waals surface area contributed by atoms with Crippen molar-refractivity contribution < 1.29 is 22.3 Å². The van der Waals surface area contributed by atoms with Crippen LogP contribution in [0.5, 0.6) is 5.75 Å². The molecule has 1 aliphatic carbocycles. The van der Waals surface area contributed by atoms with E-state index in [0.29, 0.717) is 34.2 Å². The Morgan fingerprint density at radius 2 is 1.83 bits per heavy atom. The highest BCUT2D eigenvalue weighted by Crippen LogP contribution is 2.37. The number of alkyl halides is 3. The third-order valence-corrected chi connectivity index (χ3v) is 8.48. The zero-order valence-electron chi connectivity index (χ0n) is 22.8. The van der Waals surface area contributed by atoms with Gasteiger partial charge in [0, 0.05) is 41.2 Å². The Hall–Kier alpha value is -4.03. The maximum Gasteiger partial charge on any atom is 0.393 e. The number of aromatic nitrogens is 4. The molecule has 42 heavy (non-hydrogen) atoms. The van der Waals surface area contributed by atoms with Gasteiger partial charge in [-0.15, -0.1) is 11.3 Å². The van der Waals surface area contributed by atoms with Crippen LogP contribution in [-0.4, -0.2) is 45.3 Å². The Balaban J connectivity index is 1.16. The molecule has 218 valence electrons. The van der Waals surface area contributed by atoms with Crippen molar-refractivity contribution in [2.45, 2.75) is 56.4 Å². The SMILES string of the molecule is COc1cncc(-c2ccc(CN[C@H]3C[C@@H](Nc4ncnc5sc(CC(F)(F)F)cc45)C[C@@H](c4ncco4)C3)cc2)c1. The second-order valence-corrected chi connectivity index (χ2v) is 11.6. The molecule has 0 radical (unpaired) electrons. The summed E-state index contributed by atoms with van der Waals surface area (Å²) in [6.07, 6.45) is 5.26. The van der Waals surface area contributed by atoms with Gasteiger partial charge in [0.1, 0.15) is 29.0 Å². The van der Waals surface area contributed by atoms with Crippen molar-refractivity contribution in [2.24, 2.45) is 0 Å². The molecule has 0 spiro atoms. The van der Waals surface area contributed by atoms with Crippen molar-refractivity contribution in [1.29, 1.82) is 0 Å². The number of rotatable bonds is 9. The Kier molecular flexibility index (Phi) is 8.07. The molecule has 4 aromatic heterocycles. The van der Waals surface area contributed by atoms with Gasteiger partial charge in [-0.05, 0) is 42.5 Å². The molecule has 0 bridgehead atoms. The zero-order valence-corrected chi connectivity index (χ0v) is 23.6. The van der Waals surface area contributed by atoms with Crippen LogP contribution in [0.2, 0.25) is 0 Å². The normalized spacial score (nSPS) is 19.2. The predicted molar refractivity (Wildman–Crippen MR) is 155 cm³/mol. The fourth-order valence-electron chi connectivity index (χ4n) is 5.51. The van der Waals surface area contributed by atoms with E-state index < -0.39 is 12.6 Å². The lowest BCUT2D eigenvalue weighted by Gasteiger charge is -2.35. The Morgan fingerprint density at radius 1 is 1.00 bits per heavy atom. The Labute approximate surface area is 244 Å². The van der Waals surface area contributed by atoms with Crippen LogP contribution in [0.3, 0.4) is 0 Å². The number of hydrogen-bond donors (Lipinski definition) is 2. The maximum absolute atomic E-state index is 13.0. The van der Waals surface area contributed by atoms with E-state index in [1.54, 1.807) is 31.8 Å². The van der Waals surface area contributed by atoms with Gasteiger partial charge >= 0.3 is 6.18 Å². The van der Waals surface area contributed by atoms with Crippen LogP contribution in [0, 0.1) is 0 Å². The minimum Gasteiger partial charge on any atom is -0.495 e. The molecule has 0 aliphatic heterocycles. The highest BCUT2D eigenvalue weighted by Gasteiger charge is 2.33. The Morgan fingerprint density at radius 3 is 2.60 bits per heavy atom.